The van der Waals surface area contributed by atoms with Gasteiger partial charge in [-0.3, -0.25) is 9.69 Å². The van der Waals surface area contributed by atoms with Gasteiger partial charge in [0.05, 0.1) is 12.4 Å². The van der Waals surface area contributed by atoms with Gasteiger partial charge >= 0.3 is 6.09 Å². The fourth-order valence-corrected chi connectivity index (χ4v) is 2.73. The number of carbonyl (C=O) groups is 2. The van der Waals surface area contributed by atoms with E-state index in [1.165, 1.54) is 11.0 Å². The van der Waals surface area contributed by atoms with E-state index in [-0.39, 0.29) is 18.3 Å². The van der Waals surface area contributed by atoms with Gasteiger partial charge in [-0.05, 0) is 49.4 Å². The number of carbonyl (C=O) groups excluding carboxylic acids is 2. The summed E-state index contributed by atoms with van der Waals surface area (Å²) < 4.78 is 30.9. The van der Waals surface area contributed by atoms with Crippen LogP contribution in [0.25, 0.3) is 0 Å². The predicted molar refractivity (Wildman–Crippen MR) is 97.6 cm³/mol. The first-order valence-corrected chi connectivity index (χ1v) is 8.77. The van der Waals surface area contributed by atoms with Crippen molar-refractivity contribution in [2.75, 3.05) is 29.6 Å². The molecule has 0 fully saturated rings. The normalized spacial score (nSPS) is 10.3. The van der Waals surface area contributed by atoms with E-state index in [1.807, 2.05) is 0 Å². The molecule has 26 heavy (non-hydrogen) atoms. The number of amides is 2. The Kier molecular flexibility index (Phi) is 6.97. The highest BCUT2D eigenvalue weighted by Crippen LogP contribution is 2.21. The van der Waals surface area contributed by atoms with E-state index < -0.39 is 17.7 Å². The summed E-state index contributed by atoms with van der Waals surface area (Å²) >= 11 is 1.10. The zero-order valence-electron chi connectivity index (χ0n) is 14.3. The Morgan fingerprint density at radius 3 is 2.42 bits per heavy atom. The average Bonchev–Trinajstić information content (AvgIpc) is 2.63. The number of thioether (sulfide) groups is 1. The lowest BCUT2D eigenvalue weighted by atomic mass is 10.2. The second-order valence-electron chi connectivity index (χ2n) is 5.22. The van der Waals surface area contributed by atoms with Crippen molar-refractivity contribution in [3.63, 3.8) is 0 Å². The first-order valence-electron chi connectivity index (χ1n) is 7.79. The summed E-state index contributed by atoms with van der Waals surface area (Å²) in [6.45, 7) is 2.01. The molecule has 0 aromatic heterocycles. The number of halogens is 2. The maximum atomic E-state index is 13.1. The summed E-state index contributed by atoms with van der Waals surface area (Å²) in [5, 5.41) is 2.70. The molecule has 0 aliphatic rings. The van der Waals surface area contributed by atoms with Crippen molar-refractivity contribution in [1.82, 2.24) is 0 Å². The van der Waals surface area contributed by atoms with Gasteiger partial charge < -0.3 is 10.1 Å². The van der Waals surface area contributed by atoms with E-state index >= 15 is 0 Å². The Morgan fingerprint density at radius 1 is 1.12 bits per heavy atom. The SMILES string of the molecule is CCOC(=O)N(C)c1ccc(NC(=O)CSc2ccc(F)c(F)c2)cc1. The van der Waals surface area contributed by atoms with Crippen molar-refractivity contribution in [3.05, 3.63) is 54.1 Å². The Morgan fingerprint density at radius 2 is 1.81 bits per heavy atom. The van der Waals surface area contributed by atoms with Gasteiger partial charge in [0.1, 0.15) is 0 Å². The zero-order chi connectivity index (χ0) is 19.1. The molecular formula is C18H18F2N2O3S. The van der Waals surface area contributed by atoms with Crippen molar-refractivity contribution >= 4 is 35.1 Å². The topological polar surface area (TPSA) is 58.6 Å². The lowest BCUT2D eigenvalue weighted by Crippen LogP contribution is -2.26. The molecule has 0 saturated carbocycles. The third-order valence-corrected chi connectivity index (χ3v) is 4.33. The highest BCUT2D eigenvalue weighted by molar-refractivity contribution is 8.00. The van der Waals surface area contributed by atoms with E-state index in [9.17, 15) is 18.4 Å². The standard InChI is InChI=1S/C18H18F2N2O3S/c1-3-25-18(24)22(2)13-6-4-12(5-7-13)21-17(23)11-26-14-8-9-15(19)16(20)10-14/h4-10H,3,11H2,1-2H3,(H,21,23). The number of nitrogens with one attached hydrogen (secondary N) is 1. The second-order valence-corrected chi connectivity index (χ2v) is 6.27. The summed E-state index contributed by atoms with van der Waals surface area (Å²) in [6.07, 6.45) is -0.466. The maximum Gasteiger partial charge on any atom is 0.413 e. The number of rotatable bonds is 6. The third-order valence-electron chi connectivity index (χ3n) is 3.34. The van der Waals surface area contributed by atoms with E-state index in [0.717, 1.165) is 23.9 Å². The number of benzene rings is 2. The number of nitrogens with zero attached hydrogens (tertiary/aromatic N) is 1. The van der Waals surface area contributed by atoms with Crippen molar-refractivity contribution in [2.45, 2.75) is 11.8 Å². The van der Waals surface area contributed by atoms with Gasteiger partial charge in [0.15, 0.2) is 11.6 Å². The first-order chi connectivity index (χ1) is 12.4. The molecule has 0 bridgehead atoms. The molecule has 2 aromatic rings. The summed E-state index contributed by atoms with van der Waals surface area (Å²) in [7, 11) is 1.59. The molecule has 0 heterocycles. The van der Waals surface area contributed by atoms with E-state index in [2.05, 4.69) is 5.32 Å². The molecule has 5 nitrogen and oxygen atoms in total. The molecule has 2 amide bonds. The smallest absolute Gasteiger partial charge is 0.413 e. The second kappa shape index (κ2) is 9.19. The Labute approximate surface area is 154 Å². The molecule has 2 rings (SSSR count). The molecule has 0 spiro atoms. The van der Waals surface area contributed by atoms with Crippen LogP contribution in [0.4, 0.5) is 25.0 Å². The van der Waals surface area contributed by atoms with Crippen LogP contribution in [0.3, 0.4) is 0 Å². The van der Waals surface area contributed by atoms with Gasteiger partial charge in [-0.2, -0.15) is 0 Å². The summed E-state index contributed by atoms with van der Waals surface area (Å²) in [5.74, 6) is -2.11. The molecule has 0 atom stereocenters. The molecule has 0 saturated heterocycles. The van der Waals surface area contributed by atoms with Crippen LogP contribution in [0.5, 0.6) is 0 Å². The minimum Gasteiger partial charge on any atom is -0.449 e. The predicted octanol–water partition coefficient (Wildman–Crippen LogP) is 4.29. The fraction of sp³-hybridized carbons (Fsp3) is 0.222. The largest absolute Gasteiger partial charge is 0.449 e. The zero-order valence-corrected chi connectivity index (χ0v) is 15.1. The number of anilines is 2. The van der Waals surface area contributed by atoms with Crippen LogP contribution in [0, 0.1) is 11.6 Å². The van der Waals surface area contributed by atoms with Crippen LogP contribution < -0.4 is 10.2 Å². The van der Waals surface area contributed by atoms with Gasteiger partial charge in [0.2, 0.25) is 5.91 Å². The Hall–Kier alpha value is -2.61. The van der Waals surface area contributed by atoms with Crippen LogP contribution in [0.1, 0.15) is 6.92 Å². The first kappa shape index (κ1) is 19.7. The quantitative estimate of drug-likeness (QED) is 0.760. The van der Waals surface area contributed by atoms with Gasteiger partial charge in [0, 0.05) is 23.3 Å². The van der Waals surface area contributed by atoms with E-state index in [1.54, 1.807) is 38.2 Å². The molecule has 8 heteroatoms. The van der Waals surface area contributed by atoms with Gasteiger partial charge in [-0.25, -0.2) is 13.6 Å². The third kappa shape index (κ3) is 5.45. The highest BCUT2D eigenvalue weighted by atomic mass is 32.2. The van der Waals surface area contributed by atoms with Crippen LogP contribution >= 0.6 is 11.8 Å². The van der Waals surface area contributed by atoms with Crippen molar-refractivity contribution in [2.24, 2.45) is 0 Å². The van der Waals surface area contributed by atoms with Gasteiger partial charge in [-0.15, -0.1) is 11.8 Å². The minimum atomic E-state index is -0.947. The van der Waals surface area contributed by atoms with Crippen LogP contribution in [0.2, 0.25) is 0 Å². The van der Waals surface area contributed by atoms with E-state index in [0.29, 0.717) is 16.3 Å². The number of hydrogen-bond acceptors (Lipinski definition) is 4. The fourth-order valence-electron chi connectivity index (χ4n) is 2.01. The monoisotopic (exact) mass is 380 g/mol. The molecule has 0 aliphatic carbocycles. The van der Waals surface area contributed by atoms with Gasteiger partial charge in [-0.1, -0.05) is 0 Å². The van der Waals surface area contributed by atoms with Crippen molar-refractivity contribution in [3.8, 4) is 0 Å². The summed E-state index contributed by atoms with van der Waals surface area (Å²) in [6, 6.07) is 10.2. The molecule has 138 valence electrons. The molecule has 0 unspecified atom stereocenters. The van der Waals surface area contributed by atoms with E-state index in [4.69, 9.17) is 4.74 Å². The molecular weight excluding hydrogens is 362 g/mol. The highest BCUT2D eigenvalue weighted by Gasteiger charge is 2.12. The Balaban J connectivity index is 1.88. The lowest BCUT2D eigenvalue weighted by Gasteiger charge is -2.16. The lowest BCUT2D eigenvalue weighted by molar-refractivity contribution is -0.113. The van der Waals surface area contributed by atoms with Crippen LogP contribution in [-0.2, 0) is 9.53 Å². The average molecular weight is 380 g/mol. The summed E-state index contributed by atoms with van der Waals surface area (Å²) in [5.41, 5.74) is 1.18. The van der Waals surface area contributed by atoms with Crippen molar-refractivity contribution in [1.29, 1.82) is 0 Å². The summed E-state index contributed by atoms with van der Waals surface area (Å²) in [4.78, 5) is 25.4. The van der Waals surface area contributed by atoms with Gasteiger partial charge in [0.25, 0.3) is 0 Å². The molecule has 0 aliphatic heterocycles. The number of ether oxygens (including phenoxy) is 1. The molecule has 2 aromatic carbocycles. The van der Waals surface area contributed by atoms with Crippen LogP contribution in [-0.4, -0.2) is 31.4 Å². The van der Waals surface area contributed by atoms with Crippen molar-refractivity contribution < 1.29 is 23.1 Å². The molecule has 1 N–H and O–H groups in total. The minimum absolute atomic E-state index is 0.0511. The van der Waals surface area contributed by atoms with Crippen LogP contribution in [0.15, 0.2) is 47.4 Å². The molecule has 0 radical (unpaired) electrons. The number of hydrogen-bond donors (Lipinski definition) is 1. The maximum absolute atomic E-state index is 13.1. The Bertz CT molecular complexity index is 785.